The molecule has 0 radical (unpaired) electrons. The molecule has 4 nitrogen and oxygen atoms in total. The van der Waals surface area contributed by atoms with E-state index in [2.05, 4.69) is 11.4 Å². The summed E-state index contributed by atoms with van der Waals surface area (Å²) in [6.07, 6.45) is -0.695. The number of methoxy groups -OCH3 is 1. The van der Waals surface area contributed by atoms with Crippen LogP contribution in [0.5, 0.6) is 0 Å². The Morgan fingerprint density at radius 1 is 1.32 bits per heavy atom. The molecular weight excluding hydrogens is 240 g/mol. The molecule has 102 valence electrons. The predicted molar refractivity (Wildman–Crippen MR) is 73.2 cm³/mol. The van der Waals surface area contributed by atoms with Gasteiger partial charge in [0.1, 0.15) is 6.04 Å². The van der Waals surface area contributed by atoms with Crippen LogP contribution in [0.15, 0.2) is 30.3 Å². The molecule has 0 aliphatic carbocycles. The molecule has 0 aromatic heterocycles. The fourth-order valence-corrected chi connectivity index (χ4v) is 1.68. The normalized spacial score (nSPS) is 14.3. The Labute approximate surface area is 114 Å². The van der Waals surface area contributed by atoms with Crippen LogP contribution in [0.1, 0.15) is 32.4 Å². The van der Waals surface area contributed by atoms with Crippen LogP contribution in [-0.2, 0) is 9.53 Å². The Bertz CT molecular complexity index is 457. The smallest absolute Gasteiger partial charge is 0.254 e. The Morgan fingerprint density at radius 3 is 2.32 bits per heavy atom. The van der Waals surface area contributed by atoms with Crippen molar-refractivity contribution in [1.29, 1.82) is 5.26 Å². The van der Waals surface area contributed by atoms with Gasteiger partial charge in [-0.3, -0.25) is 4.79 Å². The van der Waals surface area contributed by atoms with Gasteiger partial charge in [-0.15, -0.1) is 0 Å². The third-order valence-electron chi connectivity index (χ3n) is 2.86. The molecule has 2 atom stereocenters. The van der Waals surface area contributed by atoms with Gasteiger partial charge in [-0.2, -0.15) is 5.26 Å². The van der Waals surface area contributed by atoms with E-state index in [1.54, 1.807) is 0 Å². The molecule has 0 saturated carbocycles. The number of hydrogen-bond acceptors (Lipinski definition) is 3. The van der Waals surface area contributed by atoms with Crippen molar-refractivity contribution in [2.24, 2.45) is 5.41 Å². The maximum Gasteiger partial charge on any atom is 0.254 e. The minimum atomic E-state index is -0.695. The lowest BCUT2D eigenvalue weighted by Crippen LogP contribution is -2.44. The molecule has 0 fully saturated rings. The van der Waals surface area contributed by atoms with Gasteiger partial charge >= 0.3 is 0 Å². The maximum absolute atomic E-state index is 12.2. The molecule has 0 aliphatic rings. The summed E-state index contributed by atoms with van der Waals surface area (Å²) in [5, 5.41) is 11.9. The Hall–Kier alpha value is -1.86. The molecule has 1 aromatic carbocycles. The molecule has 1 rings (SSSR count). The van der Waals surface area contributed by atoms with Gasteiger partial charge in [0, 0.05) is 7.11 Å². The highest BCUT2D eigenvalue weighted by Gasteiger charge is 2.29. The van der Waals surface area contributed by atoms with Gasteiger partial charge in [-0.25, -0.2) is 0 Å². The highest BCUT2D eigenvalue weighted by Crippen LogP contribution is 2.21. The van der Waals surface area contributed by atoms with Crippen molar-refractivity contribution in [3.8, 4) is 6.07 Å². The van der Waals surface area contributed by atoms with E-state index in [1.165, 1.54) is 7.11 Å². The molecular formula is C15H20N2O2. The van der Waals surface area contributed by atoms with E-state index in [0.717, 1.165) is 5.56 Å². The van der Waals surface area contributed by atoms with E-state index < -0.39 is 12.1 Å². The third kappa shape index (κ3) is 4.08. The highest BCUT2D eigenvalue weighted by molar-refractivity contribution is 5.82. The molecule has 0 spiro atoms. The average molecular weight is 260 g/mol. The number of carbonyl (C=O) groups excluding carboxylic acids is 1. The predicted octanol–water partition coefficient (Wildman–Crippen LogP) is 2.43. The van der Waals surface area contributed by atoms with Gasteiger partial charge in [0.05, 0.1) is 6.07 Å². The molecule has 1 amide bonds. The molecule has 0 bridgehead atoms. The van der Waals surface area contributed by atoms with Crippen molar-refractivity contribution < 1.29 is 9.53 Å². The molecule has 19 heavy (non-hydrogen) atoms. The molecule has 0 saturated heterocycles. The minimum absolute atomic E-state index is 0.296. The van der Waals surface area contributed by atoms with Crippen LogP contribution in [0.4, 0.5) is 0 Å². The largest absolute Gasteiger partial charge is 0.367 e. The average Bonchev–Trinajstić information content (AvgIpc) is 2.36. The first-order valence-corrected chi connectivity index (χ1v) is 6.18. The number of nitriles is 1. The van der Waals surface area contributed by atoms with Crippen molar-refractivity contribution in [3.63, 3.8) is 0 Å². The van der Waals surface area contributed by atoms with E-state index in [4.69, 9.17) is 10.00 Å². The van der Waals surface area contributed by atoms with Crippen molar-refractivity contribution in [2.75, 3.05) is 7.11 Å². The van der Waals surface area contributed by atoms with Crippen LogP contribution < -0.4 is 5.32 Å². The molecule has 1 N–H and O–H groups in total. The van der Waals surface area contributed by atoms with Gasteiger partial charge in [0.25, 0.3) is 5.91 Å². The standard InChI is InChI=1S/C15H20N2O2/c1-15(2,3)12(10-16)17-14(18)13(19-4)11-8-6-5-7-9-11/h5-9,12-13H,1-4H3,(H,17,18)/t12-,13-/m0/s1. The number of ether oxygens (including phenoxy) is 1. The van der Waals surface area contributed by atoms with Gasteiger partial charge in [-0.05, 0) is 11.0 Å². The number of hydrogen-bond donors (Lipinski definition) is 1. The van der Waals surface area contributed by atoms with Crippen LogP contribution in [0.2, 0.25) is 0 Å². The molecule has 0 unspecified atom stereocenters. The first kappa shape index (κ1) is 15.2. The molecule has 0 heterocycles. The lowest BCUT2D eigenvalue weighted by Gasteiger charge is -2.27. The molecule has 0 aliphatic heterocycles. The fourth-order valence-electron chi connectivity index (χ4n) is 1.68. The molecule has 4 heteroatoms. The van der Waals surface area contributed by atoms with Crippen LogP contribution in [-0.4, -0.2) is 19.1 Å². The van der Waals surface area contributed by atoms with Crippen molar-refractivity contribution in [2.45, 2.75) is 32.9 Å². The van der Waals surface area contributed by atoms with Crippen LogP contribution in [0.25, 0.3) is 0 Å². The Balaban J connectivity index is 2.84. The first-order valence-electron chi connectivity index (χ1n) is 6.18. The van der Waals surface area contributed by atoms with E-state index >= 15 is 0 Å². The SMILES string of the molecule is CO[C@H](C(=O)N[C@@H](C#N)C(C)(C)C)c1ccccc1. The number of amides is 1. The zero-order valence-electron chi connectivity index (χ0n) is 11.8. The van der Waals surface area contributed by atoms with Gasteiger partial charge < -0.3 is 10.1 Å². The second kappa shape index (κ2) is 6.35. The van der Waals surface area contributed by atoms with Crippen LogP contribution >= 0.6 is 0 Å². The third-order valence-corrected chi connectivity index (χ3v) is 2.86. The summed E-state index contributed by atoms with van der Waals surface area (Å²) >= 11 is 0. The second-order valence-corrected chi connectivity index (χ2v) is 5.46. The van der Waals surface area contributed by atoms with Crippen molar-refractivity contribution in [1.82, 2.24) is 5.32 Å². The van der Waals surface area contributed by atoms with Gasteiger partial charge in [-0.1, -0.05) is 51.1 Å². The Morgan fingerprint density at radius 2 is 1.89 bits per heavy atom. The summed E-state index contributed by atoms with van der Waals surface area (Å²) in [6, 6.07) is 10.8. The zero-order chi connectivity index (χ0) is 14.5. The van der Waals surface area contributed by atoms with E-state index in [1.807, 2.05) is 51.1 Å². The number of benzene rings is 1. The van der Waals surface area contributed by atoms with Gasteiger partial charge in [0.15, 0.2) is 6.10 Å². The van der Waals surface area contributed by atoms with E-state index in [9.17, 15) is 4.79 Å². The topological polar surface area (TPSA) is 62.1 Å². The monoisotopic (exact) mass is 260 g/mol. The lowest BCUT2D eigenvalue weighted by molar-refractivity contribution is -0.132. The summed E-state index contributed by atoms with van der Waals surface area (Å²) in [7, 11) is 1.48. The zero-order valence-corrected chi connectivity index (χ0v) is 11.8. The second-order valence-electron chi connectivity index (χ2n) is 5.46. The summed E-state index contributed by atoms with van der Waals surface area (Å²) < 4.78 is 5.23. The van der Waals surface area contributed by atoms with Crippen LogP contribution in [0.3, 0.4) is 0 Å². The minimum Gasteiger partial charge on any atom is -0.367 e. The molecule has 1 aromatic rings. The first-order chi connectivity index (χ1) is 8.90. The quantitative estimate of drug-likeness (QED) is 0.904. The van der Waals surface area contributed by atoms with E-state index in [0.29, 0.717) is 0 Å². The number of nitrogens with zero attached hydrogens (tertiary/aromatic N) is 1. The van der Waals surface area contributed by atoms with Crippen molar-refractivity contribution in [3.05, 3.63) is 35.9 Å². The summed E-state index contributed by atoms with van der Waals surface area (Å²) in [6.45, 7) is 5.72. The summed E-state index contributed by atoms with van der Waals surface area (Å²) in [4.78, 5) is 12.2. The number of rotatable bonds is 4. The fraction of sp³-hybridized carbons (Fsp3) is 0.467. The highest BCUT2D eigenvalue weighted by atomic mass is 16.5. The summed E-state index contributed by atoms with van der Waals surface area (Å²) in [5.74, 6) is -0.296. The summed E-state index contributed by atoms with van der Waals surface area (Å²) in [5.41, 5.74) is 0.451. The Kier molecular flexibility index (Phi) is 5.08. The van der Waals surface area contributed by atoms with Crippen molar-refractivity contribution >= 4 is 5.91 Å². The maximum atomic E-state index is 12.2. The van der Waals surface area contributed by atoms with E-state index in [-0.39, 0.29) is 11.3 Å². The van der Waals surface area contributed by atoms with Crippen LogP contribution in [0, 0.1) is 16.7 Å². The number of carbonyl (C=O) groups is 1. The number of nitrogens with one attached hydrogen (secondary N) is 1. The van der Waals surface area contributed by atoms with Gasteiger partial charge in [0.2, 0.25) is 0 Å². The lowest BCUT2D eigenvalue weighted by atomic mass is 9.87.